The van der Waals surface area contributed by atoms with Crippen LogP contribution in [0.25, 0.3) is 33.4 Å². The molecule has 4 aromatic rings. The van der Waals surface area contributed by atoms with Gasteiger partial charge in [-0.15, -0.1) is 0 Å². The quantitative estimate of drug-likeness (QED) is 0.407. The number of aromatic nitrogens is 4. The number of nitrogens with one attached hydrogen (secondary N) is 1. The van der Waals surface area contributed by atoms with Crippen LogP contribution in [0.3, 0.4) is 0 Å². The number of nitrogens with zero attached hydrogens (tertiary/aromatic N) is 4. The van der Waals surface area contributed by atoms with Crippen molar-refractivity contribution in [2.75, 3.05) is 25.6 Å². The molecule has 0 atom stereocenters. The lowest BCUT2D eigenvalue weighted by molar-refractivity contribution is -0.189. The molecular formula is C26H27ClN6O3. The predicted octanol–water partition coefficient (Wildman–Crippen LogP) is 3.61. The Hall–Kier alpha value is -3.37. The maximum atomic E-state index is 13.8. The molecule has 10 heteroatoms. The molecule has 3 N–H and O–H groups in total. The molecule has 0 radical (unpaired) electrons. The minimum absolute atomic E-state index is 0.140. The topological polar surface area (TPSA) is 117 Å². The van der Waals surface area contributed by atoms with Gasteiger partial charge in [0.05, 0.1) is 24.9 Å². The van der Waals surface area contributed by atoms with Crippen molar-refractivity contribution in [3.8, 4) is 22.4 Å². The van der Waals surface area contributed by atoms with Crippen LogP contribution in [-0.4, -0.2) is 52.1 Å². The molecule has 1 fully saturated rings. The van der Waals surface area contributed by atoms with E-state index in [-0.39, 0.29) is 11.6 Å². The van der Waals surface area contributed by atoms with Gasteiger partial charge >= 0.3 is 0 Å². The lowest BCUT2D eigenvalue weighted by Crippen LogP contribution is -2.41. The Labute approximate surface area is 213 Å². The summed E-state index contributed by atoms with van der Waals surface area (Å²) in [6, 6.07) is 13.1. The van der Waals surface area contributed by atoms with E-state index in [1.807, 2.05) is 43.3 Å². The fraction of sp³-hybridized carbons (Fsp3) is 0.308. The maximum Gasteiger partial charge on any atom is 0.260 e. The summed E-state index contributed by atoms with van der Waals surface area (Å²) in [5, 5.41) is 4.11. The number of aryl methyl sites for hydroxylation is 2. The highest BCUT2D eigenvalue weighted by Crippen LogP contribution is 2.31. The van der Waals surface area contributed by atoms with Gasteiger partial charge in [0.2, 0.25) is 5.95 Å². The first-order valence-corrected chi connectivity index (χ1v) is 12.1. The van der Waals surface area contributed by atoms with Gasteiger partial charge < -0.3 is 20.5 Å². The summed E-state index contributed by atoms with van der Waals surface area (Å²) < 4.78 is 13.0. The third-order valence-electron chi connectivity index (χ3n) is 6.07. The summed E-state index contributed by atoms with van der Waals surface area (Å²) in [7, 11) is 1.73. The molecule has 186 valence electrons. The summed E-state index contributed by atoms with van der Waals surface area (Å²) in [4.78, 5) is 27.2. The molecule has 0 amide bonds. The summed E-state index contributed by atoms with van der Waals surface area (Å²) in [6.45, 7) is 3.12. The van der Waals surface area contributed by atoms with Crippen molar-refractivity contribution < 1.29 is 9.47 Å². The Morgan fingerprint density at radius 3 is 2.67 bits per heavy atom. The number of hydrogen-bond donors (Lipinski definition) is 2. The molecule has 0 aliphatic carbocycles. The largest absolute Gasteiger partial charge is 0.357 e. The molecule has 3 aromatic heterocycles. The highest BCUT2D eigenvalue weighted by Gasteiger charge is 2.21. The highest BCUT2D eigenvalue weighted by atomic mass is 35.5. The third-order valence-corrected chi connectivity index (χ3v) is 6.39. The number of nitrogens with two attached hydrogens (primary N) is 1. The molecule has 1 aliphatic rings. The second kappa shape index (κ2) is 10.3. The van der Waals surface area contributed by atoms with E-state index in [4.69, 9.17) is 26.8 Å². The first-order chi connectivity index (χ1) is 17.4. The fourth-order valence-electron chi connectivity index (χ4n) is 4.24. The van der Waals surface area contributed by atoms with Crippen LogP contribution in [0.2, 0.25) is 5.02 Å². The van der Waals surface area contributed by atoms with Gasteiger partial charge in [-0.3, -0.25) is 14.3 Å². The van der Waals surface area contributed by atoms with E-state index in [0.29, 0.717) is 53.9 Å². The number of halogens is 1. The molecule has 5 rings (SSSR count). The SMILES string of the molecule is CNc1ncc2cc(-c3ccc(-c4cccc(C)n4)cc3Cl)c(=O)n(CC[C@H]3OC[C@@H](N)CO3)c2n1. The molecule has 4 heterocycles. The van der Waals surface area contributed by atoms with Crippen molar-refractivity contribution in [3.63, 3.8) is 0 Å². The van der Waals surface area contributed by atoms with E-state index in [1.54, 1.807) is 23.9 Å². The lowest BCUT2D eigenvalue weighted by Gasteiger charge is -2.27. The van der Waals surface area contributed by atoms with E-state index in [1.165, 1.54) is 0 Å². The first-order valence-electron chi connectivity index (χ1n) is 11.7. The standard InChI is InChI=1S/C26H27ClN6O3/c1-15-4-3-5-22(31-15)16-6-7-19(21(27)11-16)20-10-17-12-30-26(29-2)32-24(17)33(25(20)34)9-8-23-35-13-18(28)14-36-23/h3-7,10-12,18,23H,8-9,13-14,28H2,1-2H3,(H,29,30,32)/t18-,23+. The summed E-state index contributed by atoms with van der Waals surface area (Å²) >= 11 is 6.72. The van der Waals surface area contributed by atoms with Crippen molar-refractivity contribution in [1.29, 1.82) is 0 Å². The average molecular weight is 507 g/mol. The van der Waals surface area contributed by atoms with E-state index < -0.39 is 6.29 Å². The van der Waals surface area contributed by atoms with Crippen molar-refractivity contribution in [3.05, 3.63) is 69.7 Å². The van der Waals surface area contributed by atoms with Crippen LogP contribution in [0.5, 0.6) is 0 Å². The van der Waals surface area contributed by atoms with Gasteiger partial charge in [0.1, 0.15) is 5.65 Å². The molecule has 0 unspecified atom stereocenters. The minimum Gasteiger partial charge on any atom is -0.357 e. The van der Waals surface area contributed by atoms with Crippen LogP contribution in [-0.2, 0) is 16.0 Å². The van der Waals surface area contributed by atoms with Crippen molar-refractivity contribution >= 4 is 28.6 Å². The van der Waals surface area contributed by atoms with Crippen molar-refractivity contribution in [2.45, 2.75) is 32.2 Å². The zero-order valence-corrected chi connectivity index (χ0v) is 20.8. The van der Waals surface area contributed by atoms with Crippen LogP contribution in [0.4, 0.5) is 5.95 Å². The summed E-state index contributed by atoms with van der Waals surface area (Å²) in [5.41, 5.74) is 9.85. The molecule has 9 nitrogen and oxygen atoms in total. The summed E-state index contributed by atoms with van der Waals surface area (Å²) in [5.74, 6) is 0.424. The number of ether oxygens (including phenoxy) is 2. The number of benzene rings is 1. The molecule has 0 bridgehead atoms. The van der Waals surface area contributed by atoms with E-state index in [9.17, 15) is 4.79 Å². The monoisotopic (exact) mass is 506 g/mol. The predicted molar refractivity (Wildman–Crippen MR) is 140 cm³/mol. The molecular weight excluding hydrogens is 480 g/mol. The van der Waals surface area contributed by atoms with Gasteiger partial charge in [0.25, 0.3) is 5.56 Å². The van der Waals surface area contributed by atoms with Crippen LogP contribution in [0.1, 0.15) is 12.1 Å². The van der Waals surface area contributed by atoms with Gasteiger partial charge in [-0.2, -0.15) is 4.98 Å². The highest BCUT2D eigenvalue weighted by molar-refractivity contribution is 6.33. The average Bonchev–Trinajstić information content (AvgIpc) is 2.88. The fourth-order valence-corrected chi connectivity index (χ4v) is 4.52. The summed E-state index contributed by atoms with van der Waals surface area (Å²) in [6.07, 6.45) is 1.72. The van der Waals surface area contributed by atoms with Crippen LogP contribution < -0.4 is 16.6 Å². The zero-order chi connectivity index (χ0) is 25.2. The smallest absolute Gasteiger partial charge is 0.260 e. The number of fused-ring (bicyclic) bond motifs is 1. The molecule has 0 spiro atoms. The van der Waals surface area contributed by atoms with Gasteiger partial charge in [0, 0.05) is 59.0 Å². The van der Waals surface area contributed by atoms with Crippen LogP contribution in [0, 0.1) is 6.92 Å². The van der Waals surface area contributed by atoms with Gasteiger partial charge in [-0.05, 0) is 31.2 Å². The van der Waals surface area contributed by atoms with Crippen LogP contribution in [0.15, 0.2) is 53.5 Å². The van der Waals surface area contributed by atoms with E-state index >= 15 is 0 Å². The Balaban J connectivity index is 1.56. The van der Waals surface area contributed by atoms with Gasteiger partial charge in [0.15, 0.2) is 6.29 Å². The maximum absolute atomic E-state index is 13.8. The van der Waals surface area contributed by atoms with E-state index in [2.05, 4.69) is 20.3 Å². The molecule has 1 aromatic carbocycles. The lowest BCUT2D eigenvalue weighted by atomic mass is 10.0. The van der Waals surface area contributed by atoms with E-state index in [0.717, 1.165) is 22.3 Å². The second-order valence-corrected chi connectivity index (χ2v) is 9.15. The molecule has 1 saturated heterocycles. The second-order valence-electron chi connectivity index (χ2n) is 8.74. The van der Waals surface area contributed by atoms with Gasteiger partial charge in [-0.25, -0.2) is 4.98 Å². The zero-order valence-electron chi connectivity index (χ0n) is 20.1. The molecule has 1 aliphatic heterocycles. The Kier molecular flexibility index (Phi) is 6.97. The number of rotatable bonds is 6. The normalized spacial score (nSPS) is 17.9. The third kappa shape index (κ3) is 4.96. The van der Waals surface area contributed by atoms with Gasteiger partial charge in [-0.1, -0.05) is 29.8 Å². The number of hydrogen-bond acceptors (Lipinski definition) is 8. The number of anilines is 1. The molecule has 36 heavy (non-hydrogen) atoms. The number of pyridine rings is 2. The van der Waals surface area contributed by atoms with Crippen molar-refractivity contribution in [2.24, 2.45) is 5.73 Å². The van der Waals surface area contributed by atoms with Crippen molar-refractivity contribution in [1.82, 2.24) is 19.5 Å². The molecule has 0 saturated carbocycles. The Morgan fingerprint density at radius 2 is 1.94 bits per heavy atom. The van der Waals surface area contributed by atoms with Crippen LogP contribution >= 0.6 is 11.6 Å². The Morgan fingerprint density at radius 1 is 1.14 bits per heavy atom. The Bertz CT molecular complexity index is 1470. The first kappa shape index (κ1) is 24.3. The minimum atomic E-state index is -0.439.